The molecule has 0 bridgehead atoms. The van der Waals surface area contributed by atoms with E-state index in [0.717, 1.165) is 10.9 Å². The summed E-state index contributed by atoms with van der Waals surface area (Å²) < 4.78 is 0. The fraction of sp³-hybridized carbons (Fsp3) is 0.459. The average Bonchev–Trinajstić information content (AvgIpc) is 3.54. The van der Waals surface area contributed by atoms with Crippen molar-refractivity contribution in [3.05, 3.63) is 65.9 Å². The second kappa shape index (κ2) is 20.9. The lowest BCUT2D eigenvalue weighted by Gasteiger charge is -2.27. The van der Waals surface area contributed by atoms with Gasteiger partial charge in [-0.1, -0.05) is 44.2 Å². The van der Waals surface area contributed by atoms with Crippen LogP contribution in [0.1, 0.15) is 51.2 Å². The number of fused-ring (bicyclic) bond motifs is 1. The van der Waals surface area contributed by atoms with E-state index < -0.39 is 65.8 Å². The topological polar surface area (TPSA) is 251 Å². The number of thiol groups is 1. The molecule has 0 aliphatic heterocycles. The van der Waals surface area contributed by atoms with E-state index in [1.54, 1.807) is 32.2 Å². The van der Waals surface area contributed by atoms with Crippen LogP contribution >= 0.6 is 12.6 Å². The van der Waals surface area contributed by atoms with Gasteiger partial charge in [0.25, 0.3) is 0 Å². The molecule has 3 rings (SSSR count). The zero-order chi connectivity index (χ0) is 39.1. The van der Waals surface area contributed by atoms with Crippen molar-refractivity contribution in [2.75, 3.05) is 12.3 Å². The molecule has 0 saturated carbocycles. The van der Waals surface area contributed by atoms with Crippen LogP contribution in [0.3, 0.4) is 0 Å². The molecule has 0 aliphatic rings. The zero-order valence-corrected chi connectivity index (χ0v) is 31.1. The summed E-state index contributed by atoms with van der Waals surface area (Å²) in [6.07, 6.45) is 4.79. The Hall–Kier alpha value is -4.93. The molecule has 2 aromatic carbocycles. The van der Waals surface area contributed by atoms with Crippen LogP contribution in [0.5, 0.6) is 5.75 Å². The lowest BCUT2D eigenvalue weighted by molar-refractivity contribution is -0.134. The Labute approximate surface area is 314 Å². The summed E-state index contributed by atoms with van der Waals surface area (Å²) >= 11 is 4.20. The average molecular weight is 752 g/mol. The molecule has 0 spiro atoms. The van der Waals surface area contributed by atoms with Crippen molar-refractivity contribution in [1.82, 2.24) is 31.6 Å². The normalized spacial score (nSPS) is 14.6. The monoisotopic (exact) mass is 751 g/mol. The van der Waals surface area contributed by atoms with Crippen molar-refractivity contribution in [3.63, 3.8) is 0 Å². The minimum absolute atomic E-state index is 0.000945. The third-order valence-corrected chi connectivity index (χ3v) is 9.01. The predicted molar refractivity (Wildman–Crippen MR) is 204 cm³/mol. The number of unbranched alkanes of at least 4 members (excludes halogenated alkanes) is 1. The molecule has 0 aliphatic carbocycles. The highest BCUT2D eigenvalue weighted by molar-refractivity contribution is 7.80. The number of phenolic OH excluding ortho intramolecular Hbond substituents is 1. The molecule has 0 unspecified atom stereocenters. The van der Waals surface area contributed by atoms with Crippen molar-refractivity contribution in [2.24, 2.45) is 17.4 Å². The van der Waals surface area contributed by atoms with E-state index in [2.05, 4.69) is 44.2 Å². The molecule has 5 amide bonds. The number of amides is 5. The number of para-hydroxylation sites is 1. The number of aromatic amines is 1. The summed E-state index contributed by atoms with van der Waals surface area (Å²) in [5.74, 6) is -3.66. The zero-order valence-electron chi connectivity index (χ0n) is 30.2. The molecular weight excluding hydrogens is 701 g/mol. The van der Waals surface area contributed by atoms with Crippen molar-refractivity contribution < 1.29 is 33.9 Å². The summed E-state index contributed by atoms with van der Waals surface area (Å²) in [7, 11) is 0. The van der Waals surface area contributed by atoms with Crippen LogP contribution in [0, 0.1) is 5.92 Å². The molecule has 16 heteroatoms. The highest BCUT2D eigenvalue weighted by atomic mass is 32.1. The van der Waals surface area contributed by atoms with Crippen LogP contribution in [0.2, 0.25) is 0 Å². The lowest BCUT2D eigenvalue weighted by atomic mass is 10.0. The Morgan fingerprint density at radius 3 is 1.92 bits per heavy atom. The van der Waals surface area contributed by atoms with Gasteiger partial charge in [0.2, 0.25) is 35.8 Å². The minimum atomic E-state index is -1.27. The van der Waals surface area contributed by atoms with E-state index >= 15 is 0 Å². The van der Waals surface area contributed by atoms with Crippen LogP contribution < -0.4 is 38.1 Å². The first-order chi connectivity index (χ1) is 25.3. The molecule has 3 aromatic rings. The number of benzene rings is 2. The molecule has 11 N–H and O–H groups in total. The molecule has 0 saturated heterocycles. The first kappa shape index (κ1) is 42.5. The SMILES string of the molecule is CC(C)[C@@H]([C]=O)NC(=O)[C@H](CCCCN)NC(=O)[C@@H](Cc1c[nH]c2ccccc12)NC(=O)[C@H](Cc1ccc(O)cc1)NC(=O)[C@H](CS)NC(=O)[C@H](C)N. The second-order valence-corrected chi connectivity index (χ2v) is 13.6. The van der Waals surface area contributed by atoms with Gasteiger partial charge >= 0.3 is 0 Å². The lowest BCUT2D eigenvalue weighted by Crippen LogP contribution is -2.60. The summed E-state index contributed by atoms with van der Waals surface area (Å²) in [5, 5.41) is 24.0. The van der Waals surface area contributed by atoms with Gasteiger partial charge in [-0.25, -0.2) is 0 Å². The number of aromatic hydroxyl groups is 1. The number of phenols is 1. The van der Waals surface area contributed by atoms with Crippen LogP contribution in [0.4, 0.5) is 0 Å². The molecular formula is C37H51N8O7S. The Kier molecular flexibility index (Phi) is 16.8. The van der Waals surface area contributed by atoms with E-state index in [1.165, 1.54) is 19.1 Å². The fourth-order valence-electron chi connectivity index (χ4n) is 5.47. The number of nitrogens with two attached hydrogens (primary N) is 2. The summed E-state index contributed by atoms with van der Waals surface area (Å²) in [6.45, 7) is 5.33. The highest BCUT2D eigenvalue weighted by Gasteiger charge is 2.33. The summed E-state index contributed by atoms with van der Waals surface area (Å²) in [4.78, 5) is 82.2. The Morgan fingerprint density at radius 1 is 0.774 bits per heavy atom. The third kappa shape index (κ3) is 12.9. The van der Waals surface area contributed by atoms with Gasteiger partial charge in [0.05, 0.1) is 12.1 Å². The molecule has 1 radical (unpaired) electrons. The Morgan fingerprint density at radius 2 is 1.34 bits per heavy atom. The number of nitrogens with one attached hydrogen (secondary N) is 6. The highest BCUT2D eigenvalue weighted by Crippen LogP contribution is 2.20. The number of rotatable bonds is 21. The van der Waals surface area contributed by atoms with Gasteiger partial charge in [-0.3, -0.25) is 28.8 Å². The first-order valence-electron chi connectivity index (χ1n) is 17.6. The number of hydrogen-bond acceptors (Lipinski definition) is 10. The summed E-state index contributed by atoms with van der Waals surface area (Å²) in [5.41, 5.74) is 13.4. The number of carbonyl (C=O) groups is 5. The van der Waals surface area contributed by atoms with Gasteiger partial charge in [-0.05, 0) is 68.0 Å². The van der Waals surface area contributed by atoms with E-state index in [0.29, 0.717) is 30.5 Å². The van der Waals surface area contributed by atoms with Gasteiger partial charge in [0.1, 0.15) is 29.9 Å². The number of carbonyl (C=O) groups excluding carboxylic acids is 6. The standard InChI is InChI=1S/C37H51N8O7S/c1-21(2)31(19-46)44-34(49)28(10-6-7-15-38)41-36(51)30(17-24-18-40-27-9-5-4-8-26(24)27)43-35(50)29(16-23-11-13-25(47)14-12-23)42-37(52)32(20-53)45-33(48)22(3)39/h4-5,8-9,11-14,18,21-22,28-32,40,47,53H,6-7,10,15-17,20,38-39H2,1-3H3,(H,41,51)(H,42,52)(H,43,50)(H,44,49)(H,45,48)/t22-,28-,29-,30+,31+,32-/m0/s1. The fourth-order valence-corrected chi connectivity index (χ4v) is 5.73. The van der Waals surface area contributed by atoms with Crippen molar-refractivity contribution >= 4 is 59.4 Å². The van der Waals surface area contributed by atoms with E-state index in [-0.39, 0.29) is 36.7 Å². The number of H-pyrrole nitrogens is 1. The maximum Gasteiger partial charge on any atom is 0.244 e. The van der Waals surface area contributed by atoms with Crippen LogP contribution in [0.25, 0.3) is 10.9 Å². The number of aromatic nitrogens is 1. The predicted octanol–water partition coefficient (Wildman–Crippen LogP) is 0.254. The van der Waals surface area contributed by atoms with Crippen LogP contribution in [-0.4, -0.2) is 94.5 Å². The second-order valence-electron chi connectivity index (χ2n) is 13.3. The van der Waals surface area contributed by atoms with Gasteiger partial charge in [0.15, 0.2) is 0 Å². The maximum absolute atomic E-state index is 14.2. The van der Waals surface area contributed by atoms with Gasteiger partial charge in [0, 0.05) is 35.7 Å². The molecule has 53 heavy (non-hydrogen) atoms. The van der Waals surface area contributed by atoms with Crippen molar-refractivity contribution in [1.29, 1.82) is 0 Å². The van der Waals surface area contributed by atoms with Gasteiger partial charge in [-0.15, -0.1) is 0 Å². The molecule has 6 atom stereocenters. The molecule has 1 heterocycles. The van der Waals surface area contributed by atoms with E-state index in [9.17, 15) is 33.9 Å². The maximum atomic E-state index is 14.2. The van der Waals surface area contributed by atoms with E-state index in [4.69, 9.17) is 11.5 Å². The third-order valence-electron chi connectivity index (χ3n) is 8.64. The van der Waals surface area contributed by atoms with Crippen LogP contribution in [-0.2, 0) is 41.6 Å². The Balaban J connectivity index is 1.97. The smallest absolute Gasteiger partial charge is 0.244 e. The molecule has 287 valence electrons. The van der Waals surface area contributed by atoms with Crippen molar-refractivity contribution in [2.45, 2.75) is 89.1 Å². The molecule has 15 nitrogen and oxygen atoms in total. The first-order valence-corrected chi connectivity index (χ1v) is 18.2. The van der Waals surface area contributed by atoms with Crippen molar-refractivity contribution in [3.8, 4) is 5.75 Å². The largest absolute Gasteiger partial charge is 0.508 e. The molecule has 0 fully saturated rings. The van der Waals surface area contributed by atoms with E-state index in [1.807, 2.05) is 30.6 Å². The summed E-state index contributed by atoms with van der Waals surface area (Å²) in [6, 6.07) is 6.93. The minimum Gasteiger partial charge on any atom is -0.508 e. The molecule has 1 aromatic heterocycles. The van der Waals surface area contributed by atoms with Gasteiger partial charge < -0.3 is 48.1 Å². The van der Waals surface area contributed by atoms with Gasteiger partial charge in [-0.2, -0.15) is 12.6 Å². The number of hydrogen-bond donors (Lipinski definition) is 10. The van der Waals surface area contributed by atoms with Crippen LogP contribution in [0.15, 0.2) is 54.7 Å². The Bertz CT molecular complexity index is 1700. The quantitative estimate of drug-likeness (QED) is 0.0529.